The summed E-state index contributed by atoms with van der Waals surface area (Å²) in [4.78, 5) is 12.2. The largest absolute Gasteiger partial charge is 0.493 e. The second-order valence-corrected chi connectivity index (χ2v) is 18.2. The Kier molecular flexibility index (Phi) is 13.2. The molecule has 1 N–H and O–H groups in total. The average molecular weight is 695 g/mol. The van der Waals surface area contributed by atoms with Gasteiger partial charge in [-0.1, -0.05) is 113 Å². The highest BCUT2D eigenvalue weighted by Gasteiger charge is 2.25. The van der Waals surface area contributed by atoms with Crippen molar-refractivity contribution in [2.24, 2.45) is 5.92 Å². The summed E-state index contributed by atoms with van der Waals surface area (Å²) < 4.78 is 73.6. The molecule has 4 nitrogen and oxygen atoms in total. The number of halogens is 4. The summed E-state index contributed by atoms with van der Waals surface area (Å²) in [5.41, 5.74) is 0.396. The summed E-state index contributed by atoms with van der Waals surface area (Å²) in [7, 11) is -1.65. The lowest BCUT2D eigenvalue weighted by Crippen LogP contribution is -2.40. The molecule has 0 aliphatic heterocycles. The molecule has 0 saturated carbocycles. The summed E-state index contributed by atoms with van der Waals surface area (Å²) >= 11 is 0. The standard InChI is InChI=1S/C40H46F4O4Si/c1-6-7-23-49(4,5)30-14-11-27(12-15-30)31-16-18-33(38(43)36(31)41)34-19-17-32(37(42)39(34)44)28-13-20-35(47-22-10-8-9-21-45)29(24-28)25-48-40(46)26(2)3/h11-20,24,26,45H,6-10,21-23,25H2,1-5H3. The Balaban J connectivity index is 1.62. The second-order valence-electron chi connectivity index (χ2n) is 13.4. The first kappa shape index (κ1) is 37.9. The van der Waals surface area contributed by atoms with E-state index in [2.05, 4.69) is 20.0 Å². The van der Waals surface area contributed by atoms with Gasteiger partial charge >= 0.3 is 5.97 Å². The lowest BCUT2D eigenvalue weighted by Gasteiger charge is -2.23. The van der Waals surface area contributed by atoms with Gasteiger partial charge in [-0.2, -0.15) is 0 Å². The van der Waals surface area contributed by atoms with Crippen LogP contribution < -0.4 is 9.92 Å². The first-order valence-corrected chi connectivity index (χ1v) is 20.2. The number of rotatable bonds is 16. The van der Waals surface area contributed by atoms with E-state index in [0.717, 1.165) is 25.3 Å². The van der Waals surface area contributed by atoms with Crippen LogP contribution in [0.4, 0.5) is 17.6 Å². The Morgan fingerprint density at radius 2 is 1.29 bits per heavy atom. The van der Waals surface area contributed by atoms with Gasteiger partial charge in [0.1, 0.15) is 12.4 Å². The summed E-state index contributed by atoms with van der Waals surface area (Å²) in [6, 6.07) is 18.6. The number of ether oxygens (including phenoxy) is 2. The van der Waals surface area contributed by atoms with Crippen LogP contribution in [-0.4, -0.2) is 32.4 Å². The zero-order chi connectivity index (χ0) is 35.7. The molecule has 0 aliphatic carbocycles. The third-order valence-corrected chi connectivity index (χ3v) is 12.4. The maximum absolute atomic E-state index is 15.7. The lowest BCUT2D eigenvalue weighted by molar-refractivity contribution is -0.148. The van der Waals surface area contributed by atoms with E-state index in [1.54, 1.807) is 44.2 Å². The molecule has 0 aliphatic rings. The minimum atomic E-state index is -1.65. The Bertz CT molecular complexity index is 1740. The van der Waals surface area contributed by atoms with Gasteiger partial charge in [0.2, 0.25) is 0 Å². The molecule has 4 aromatic rings. The predicted molar refractivity (Wildman–Crippen MR) is 190 cm³/mol. The van der Waals surface area contributed by atoms with E-state index in [0.29, 0.717) is 36.3 Å². The minimum Gasteiger partial charge on any atom is -0.493 e. The Morgan fingerprint density at radius 3 is 1.86 bits per heavy atom. The van der Waals surface area contributed by atoms with Gasteiger partial charge in [0.25, 0.3) is 0 Å². The minimum absolute atomic E-state index is 0.0414. The van der Waals surface area contributed by atoms with E-state index in [9.17, 15) is 4.79 Å². The zero-order valence-corrected chi connectivity index (χ0v) is 30.0. The van der Waals surface area contributed by atoms with Crippen LogP contribution in [0.2, 0.25) is 19.1 Å². The van der Waals surface area contributed by atoms with Crippen LogP contribution in [-0.2, 0) is 16.1 Å². The van der Waals surface area contributed by atoms with Crippen LogP contribution in [0.15, 0.2) is 66.7 Å². The van der Waals surface area contributed by atoms with Crippen molar-refractivity contribution in [1.29, 1.82) is 0 Å². The SMILES string of the molecule is CCCC[Si](C)(C)c1ccc(-c2ccc(-c3ccc(-c4ccc(OCCCCCO)c(COC(=O)C(C)C)c4)c(F)c3F)c(F)c2F)cc1. The quantitative estimate of drug-likeness (QED) is 0.0549. The third kappa shape index (κ3) is 9.19. The van der Waals surface area contributed by atoms with Gasteiger partial charge in [-0.3, -0.25) is 4.79 Å². The topological polar surface area (TPSA) is 55.8 Å². The molecule has 49 heavy (non-hydrogen) atoms. The monoisotopic (exact) mass is 694 g/mol. The smallest absolute Gasteiger partial charge is 0.308 e. The Labute approximate surface area is 288 Å². The fourth-order valence-corrected chi connectivity index (χ4v) is 8.31. The fraction of sp³-hybridized carbons (Fsp3) is 0.375. The van der Waals surface area contributed by atoms with E-state index in [-0.39, 0.29) is 41.4 Å². The van der Waals surface area contributed by atoms with Gasteiger partial charge < -0.3 is 14.6 Å². The third-order valence-electron chi connectivity index (χ3n) is 8.86. The zero-order valence-electron chi connectivity index (χ0n) is 29.0. The van der Waals surface area contributed by atoms with E-state index < -0.39 is 42.9 Å². The molecule has 0 spiro atoms. The molecule has 4 rings (SSSR count). The highest BCUT2D eigenvalue weighted by atomic mass is 28.3. The van der Waals surface area contributed by atoms with Crippen molar-refractivity contribution in [3.05, 3.63) is 95.6 Å². The van der Waals surface area contributed by atoms with Crippen molar-refractivity contribution in [1.82, 2.24) is 0 Å². The molecule has 9 heteroatoms. The van der Waals surface area contributed by atoms with Crippen LogP contribution in [0.3, 0.4) is 0 Å². The van der Waals surface area contributed by atoms with E-state index in [4.69, 9.17) is 14.6 Å². The Morgan fingerprint density at radius 1 is 0.735 bits per heavy atom. The van der Waals surface area contributed by atoms with Crippen LogP contribution in [0.5, 0.6) is 5.75 Å². The maximum atomic E-state index is 15.7. The van der Waals surface area contributed by atoms with Crippen molar-refractivity contribution < 1.29 is 36.9 Å². The molecule has 0 aromatic heterocycles. The van der Waals surface area contributed by atoms with Crippen molar-refractivity contribution in [3.8, 4) is 39.1 Å². The van der Waals surface area contributed by atoms with Gasteiger partial charge in [-0.25, -0.2) is 17.6 Å². The highest BCUT2D eigenvalue weighted by molar-refractivity contribution is 6.89. The first-order valence-electron chi connectivity index (χ1n) is 17.0. The maximum Gasteiger partial charge on any atom is 0.308 e. The Hall–Kier alpha value is -3.95. The molecular formula is C40H46F4O4Si. The number of hydrogen-bond acceptors (Lipinski definition) is 4. The van der Waals surface area contributed by atoms with E-state index >= 15 is 17.6 Å². The van der Waals surface area contributed by atoms with Gasteiger partial charge in [0.15, 0.2) is 23.3 Å². The number of esters is 1. The summed E-state index contributed by atoms with van der Waals surface area (Å²) in [5, 5.41) is 10.2. The number of carbonyl (C=O) groups excluding carboxylic acids is 1. The normalized spacial score (nSPS) is 11.7. The van der Waals surface area contributed by atoms with Gasteiger partial charge in [0, 0.05) is 34.4 Å². The van der Waals surface area contributed by atoms with Crippen LogP contribution in [0.25, 0.3) is 33.4 Å². The fourth-order valence-electron chi connectivity index (χ4n) is 5.71. The van der Waals surface area contributed by atoms with Crippen LogP contribution >= 0.6 is 0 Å². The van der Waals surface area contributed by atoms with Crippen molar-refractivity contribution in [2.75, 3.05) is 13.2 Å². The molecule has 0 amide bonds. The van der Waals surface area contributed by atoms with Gasteiger partial charge in [0.05, 0.1) is 20.6 Å². The molecule has 0 radical (unpaired) electrons. The average Bonchev–Trinajstić information content (AvgIpc) is 3.09. The molecule has 0 heterocycles. The summed E-state index contributed by atoms with van der Waals surface area (Å²) in [5.74, 6) is -5.30. The lowest BCUT2D eigenvalue weighted by atomic mass is 9.95. The molecule has 0 saturated heterocycles. The number of aliphatic hydroxyl groups excluding tert-OH is 1. The second kappa shape index (κ2) is 17.1. The van der Waals surface area contributed by atoms with Gasteiger partial charge in [-0.15, -0.1) is 0 Å². The van der Waals surface area contributed by atoms with Gasteiger partial charge in [-0.05, 0) is 42.5 Å². The van der Waals surface area contributed by atoms with Crippen molar-refractivity contribution >= 4 is 19.2 Å². The van der Waals surface area contributed by atoms with E-state index in [1.807, 2.05) is 12.1 Å². The van der Waals surface area contributed by atoms with Crippen molar-refractivity contribution in [2.45, 2.75) is 78.6 Å². The number of aliphatic hydroxyl groups is 1. The molecule has 4 aromatic carbocycles. The molecule has 262 valence electrons. The van der Waals surface area contributed by atoms with Crippen LogP contribution in [0.1, 0.15) is 58.4 Å². The molecule has 0 bridgehead atoms. The number of hydrogen-bond donors (Lipinski definition) is 1. The van der Waals surface area contributed by atoms with Crippen molar-refractivity contribution in [3.63, 3.8) is 0 Å². The summed E-state index contributed by atoms with van der Waals surface area (Å²) in [6.07, 6.45) is 4.37. The molecule has 0 atom stereocenters. The first-order chi connectivity index (χ1) is 23.4. The molecular weight excluding hydrogens is 649 g/mol. The van der Waals surface area contributed by atoms with Crippen LogP contribution in [0, 0.1) is 29.2 Å². The van der Waals surface area contributed by atoms with E-state index in [1.165, 1.54) is 29.5 Å². The molecule has 0 fully saturated rings. The summed E-state index contributed by atoms with van der Waals surface area (Å²) in [6.45, 7) is 10.5. The number of carbonyl (C=O) groups is 1. The number of benzene rings is 4. The molecule has 0 unspecified atom stereocenters. The highest BCUT2D eigenvalue weighted by Crippen LogP contribution is 2.37. The number of unbranched alkanes of at least 4 members (excludes halogenated alkanes) is 3. The predicted octanol–water partition coefficient (Wildman–Crippen LogP) is 10.2.